The van der Waals surface area contributed by atoms with Gasteiger partial charge >= 0.3 is 0 Å². The van der Waals surface area contributed by atoms with E-state index in [9.17, 15) is 4.79 Å². The molecular formula is C16H19N3O. The summed E-state index contributed by atoms with van der Waals surface area (Å²) in [5, 5.41) is 3.95. The van der Waals surface area contributed by atoms with Gasteiger partial charge in [-0.2, -0.15) is 0 Å². The number of rotatable bonds is 2. The molecule has 1 amide bonds. The number of fused-ring (bicyclic) bond motifs is 1. The number of aryl methyl sites for hydroxylation is 1. The van der Waals surface area contributed by atoms with Crippen LogP contribution in [0.2, 0.25) is 0 Å². The van der Waals surface area contributed by atoms with Crippen LogP contribution < -0.4 is 11.1 Å². The van der Waals surface area contributed by atoms with E-state index in [1.807, 2.05) is 31.2 Å². The van der Waals surface area contributed by atoms with E-state index in [0.29, 0.717) is 0 Å². The van der Waals surface area contributed by atoms with Crippen LogP contribution in [-0.4, -0.2) is 16.4 Å². The van der Waals surface area contributed by atoms with Crippen molar-refractivity contribution < 1.29 is 4.79 Å². The fourth-order valence-corrected chi connectivity index (χ4v) is 2.90. The van der Waals surface area contributed by atoms with E-state index in [-0.39, 0.29) is 5.91 Å². The molecule has 1 aromatic heterocycles. The zero-order valence-electron chi connectivity index (χ0n) is 11.6. The average molecular weight is 269 g/mol. The third-order valence-corrected chi connectivity index (χ3v) is 4.17. The summed E-state index contributed by atoms with van der Waals surface area (Å²) in [6.45, 7) is 2.02. The van der Waals surface area contributed by atoms with Gasteiger partial charge in [-0.15, -0.1) is 0 Å². The fraction of sp³-hybridized carbons (Fsp3) is 0.375. The molecule has 2 aromatic rings. The van der Waals surface area contributed by atoms with Gasteiger partial charge in [0, 0.05) is 11.6 Å². The number of hydrogen-bond donors (Lipinski definition) is 2. The number of benzene rings is 1. The highest BCUT2D eigenvalue weighted by atomic mass is 16.2. The molecule has 1 aromatic carbocycles. The molecule has 0 aliphatic heterocycles. The van der Waals surface area contributed by atoms with Gasteiger partial charge in [0.25, 0.3) is 0 Å². The number of aromatic nitrogens is 1. The van der Waals surface area contributed by atoms with Crippen molar-refractivity contribution in [2.45, 2.75) is 38.1 Å². The van der Waals surface area contributed by atoms with Gasteiger partial charge in [0.2, 0.25) is 5.91 Å². The number of amides is 1. The quantitative estimate of drug-likeness (QED) is 0.880. The van der Waals surface area contributed by atoms with Crippen LogP contribution in [0.15, 0.2) is 30.5 Å². The lowest BCUT2D eigenvalue weighted by Gasteiger charge is -2.22. The first-order chi connectivity index (χ1) is 9.60. The number of carbonyl (C=O) groups is 1. The first-order valence-electron chi connectivity index (χ1n) is 7.05. The molecule has 0 bridgehead atoms. The predicted octanol–water partition coefficient (Wildman–Crippen LogP) is 2.75. The first kappa shape index (κ1) is 13.1. The predicted molar refractivity (Wildman–Crippen MR) is 80.5 cm³/mol. The van der Waals surface area contributed by atoms with Gasteiger partial charge in [-0.1, -0.05) is 18.9 Å². The molecule has 4 heteroatoms. The molecule has 0 atom stereocenters. The number of nitrogens with two attached hydrogens (primary N) is 1. The number of carbonyl (C=O) groups excluding carboxylic acids is 1. The summed E-state index contributed by atoms with van der Waals surface area (Å²) in [5.74, 6) is -0.0796. The molecule has 104 valence electrons. The second kappa shape index (κ2) is 4.87. The van der Waals surface area contributed by atoms with Gasteiger partial charge in [0.15, 0.2) is 0 Å². The minimum absolute atomic E-state index is 0.0796. The Hall–Kier alpha value is -1.94. The maximum Gasteiger partial charge on any atom is 0.244 e. The van der Waals surface area contributed by atoms with Crippen molar-refractivity contribution in [3.8, 4) is 0 Å². The maximum absolute atomic E-state index is 12.4. The van der Waals surface area contributed by atoms with Gasteiger partial charge < -0.3 is 11.1 Å². The van der Waals surface area contributed by atoms with Crippen LogP contribution in [-0.2, 0) is 4.79 Å². The second-order valence-electron chi connectivity index (χ2n) is 5.65. The lowest BCUT2D eigenvalue weighted by Crippen LogP contribution is -2.48. The SMILES string of the molecule is Cc1ccc(NC(=O)C2(N)CCCC2)c2cccnc12. The molecule has 0 saturated heterocycles. The molecule has 4 nitrogen and oxygen atoms in total. The molecule has 3 N–H and O–H groups in total. The lowest BCUT2D eigenvalue weighted by atomic mass is 9.97. The Morgan fingerprint density at radius 1 is 1.30 bits per heavy atom. The molecule has 20 heavy (non-hydrogen) atoms. The summed E-state index contributed by atoms with van der Waals surface area (Å²) in [6, 6.07) is 7.76. The van der Waals surface area contributed by atoms with E-state index >= 15 is 0 Å². The van der Waals surface area contributed by atoms with Crippen LogP contribution in [0.25, 0.3) is 10.9 Å². The molecule has 0 unspecified atom stereocenters. The van der Waals surface area contributed by atoms with Crippen LogP contribution >= 0.6 is 0 Å². The average Bonchev–Trinajstić information content (AvgIpc) is 2.90. The topological polar surface area (TPSA) is 68.0 Å². The third-order valence-electron chi connectivity index (χ3n) is 4.17. The second-order valence-corrected chi connectivity index (χ2v) is 5.65. The smallest absolute Gasteiger partial charge is 0.244 e. The molecule has 1 fully saturated rings. The van der Waals surface area contributed by atoms with Crippen molar-refractivity contribution >= 4 is 22.5 Å². The molecule has 0 radical (unpaired) electrons. The van der Waals surface area contributed by atoms with E-state index in [1.54, 1.807) is 6.20 Å². The van der Waals surface area contributed by atoms with Gasteiger partial charge in [-0.05, 0) is 43.5 Å². The van der Waals surface area contributed by atoms with E-state index < -0.39 is 5.54 Å². The Bertz CT molecular complexity index is 660. The summed E-state index contributed by atoms with van der Waals surface area (Å²) >= 11 is 0. The van der Waals surface area contributed by atoms with Gasteiger partial charge in [0.1, 0.15) is 0 Å². The molecular weight excluding hydrogens is 250 g/mol. The third kappa shape index (κ3) is 2.16. The minimum atomic E-state index is -0.709. The van der Waals surface area contributed by atoms with Crippen molar-refractivity contribution in [2.24, 2.45) is 5.73 Å². The minimum Gasteiger partial charge on any atom is -0.324 e. The van der Waals surface area contributed by atoms with Crippen molar-refractivity contribution in [1.29, 1.82) is 0 Å². The number of pyridine rings is 1. The molecule has 1 aliphatic rings. The Morgan fingerprint density at radius 3 is 2.80 bits per heavy atom. The molecule has 0 spiro atoms. The largest absolute Gasteiger partial charge is 0.324 e. The van der Waals surface area contributed by atoms with E-state index in [1.165, 1.54) is 0 Å². The standard InChI is InChI=1S/C16H19N3O/c1-11-6-7-13(12-5-4-10-18-14(11)12)19-15(20)16(17)8-2-3-9-16/h4-7,10H,2-3,8-9,17H2,1H3,(H,19,20). The van der Waals surface area contributed by atoms with Crippen LogP contribution in [0.1, 0.15) is 31.2 Å². The Morgan fingerprint density at radius 2 is 2.05 bits per heavy atom. The normalized spacial score (nSPS) is 17.3. The van der Waals surface area contributed by atoms with Crippen molar-refractivity contribution in [1.82, 2.24) is 4.98 Å². The van der Waals surface area contributed by atoms with Crippen LogP contribution in [0.5, 0.6) is 0 Å². The lowest BCUT2D eigenvalue weighted by molar-refractivity contribution is -0.120. The number of anilines is 1. The fourth-order valence-electron chi connectivity index (χ4n) is 2.90. The highest BCUT2D eigenvalue weighted by molar-refractivity contribution is 6.05. The van der Waals surface area contributed by atoms with Gasteiger partial charge in [-0.3, -0.25) is 9.78 Å². The van der Waals surface area contributed by atoms with Crippen molar-refractivity contribution in [2.75, 3.05) is 5.32 Å². The van der Waals surface area contributed by atoms with Gasteiger partial charge in [-0.25, -0.2) is 0 Å². The molecule has 1 aliphatic carbocycles. The molecule has 1 saturated carbocycles. The zero-order valence-corrected chi connectivity index (χ0v) is 11.6. The highest BCUT2D eigenvalue weighted by Gasteiger charge is 2.37. The zero-order chi connectivity index (χ0) is 14.2. The summed E-state index contributed by atoms with van der Waals surface area (Å²) in [7, 11) is 0. The number of nitrogens with zero attached hydrogens (tertiary/aromatic N) is 1. The monoisotopic (exact) mass is 269 g/mol. The summed E-state index contributed by atoms with van der Waals surface area (Å²) < 4.78 is 0. The summed E-state index contributed by atoms with van der Waals surface area (Å²) in [4.78, 5) is 16.8. The molecule has 3 rings (SSSR count). The summed E-state index contributed by atoms with van der Waals surface area (Å²) in [6.07, 6.45) is 5.35. The van der Waals surface area contributed by atoms with Gasteiger partial charge in [0.05, 0.1) is 16.7 Å². The highest BCUT2D eigenvalue weighted by Crippen LogP contribution is 2.30. The van der Waals surface area contributed by atoms with Crippen LogP contribution in [0, 0.1) is 6.92 Å². The maximum atomic E-state index is 12.4. The first-order valence-corrected chi connectivity index (χ1v) is 7.05. The summed E-state index contributed by atoms with van der Waals surface area (Å²) in [5.41, 5.74) is 8.30. The van der Waals surface area contributed by atoms with E-state index in [0.717, 1.165) is 47.8 Å². The number of nitrogens with one attached hydrogen (secondary N) is 1. The van der Waals surface area contributed by atoms with Crippen molar-refractivity contribution in [3.05, 3.63) is 36.0 Å². The van der Waals surface area contributed by atoms with Crippen LogP contribution in [0.3, 0.4) is 0 Å². The molecule has 1 heterocycles. The van der Waals surface area contributed by atoms with E-state index in [4.69, 9.17) is 5.73 Å². The van der Waals surface area contributed by atoms with Crippen molar-refractivity contribution in [3.63, 3.8) is 0 Å². The Kier molecular flexibility index (Phi) is 3.18. The Balaban J connectivity index is 1.95. The Labute approximate surface area is 118 Å². The van der Waals surface area contributed by atoms with E-state index in [2.05, 4.69) is 10.3 Å². The number of hydrogen-bond acceptors (Lipinski definition) is 3. The van der Waals surface area contributed by atoms with Crippen LogP contribution in [0.4, 0.5) is 5.69 Å².